The quantitative estimate of drug-likeness (QED) is 0.0392. The molecule has 9 heteroatoms. The van der Waals surface area contributed by atoms with Gasteiger partial charge in [-0.15, -0.1) is 0 Å². The number of hydrogen-bond acceptors (Lipinski definition) is 8. The number of carbonyl (C=O) groups is 4. The summed E-state index contributed by atoms with van der Waals surface area (Å²) in [5.41, 5.74) is -0.574. The Hall–Kier alpha value is -2.16. The molecule has 0 aromatic heterocycles. The van der Waals surface area contributed by atoms with Crippen molar-refractivity contribution in [3.8, 4) is 0 Å². The van der Waals surface area contributed by atoms with Crippen LogP contribution in [0.4, 0.5) is 4.79 Å². The van der Waals surface area contributed by atoms with E-state index in [2.05, 4.69) is 19.2 Å². The minimum Gasteiger partial charge on any atom is -0.466 e. The fourth-order valence-electron chi connectivity index (χ4n) is 4.27. The summed E-state index contributed by atoms with van der Waals surface area (Å²) in [6, 6.07) is 0. The van der Waals surface area contributed by atoms with Gasteiger partial charge in [0.2, 0.25) is 0 Å². The molecule has 0 unspecified atom stereocenters. The summed E-state index contributed by atoms with van der Waals surface area (Å²) in [7, 11) is 1.00. The first kappa shape index (κ1) is 47.2. The fraction of sp³-hybridized carbons (Fsp3) is 0.889. The second-order valence-corrected chi connectivity index (χ2v) is 12.3. The van der Waals surface area contributed by atoms with Crippen molar-refractivity contribution in [3.63, 3.8) is 0 Å². The highest BCUT2D eigenvalue weighted by Gasteiger charge is 2.16. The van der Waals surface area contributed by atoms with Crippen molar-refractivity contribution in [1.29, 1.82) is 0 Å². The molecule has 0 aromatic rings. The molecule has 0 saturated heterocycles. The van der Waals surface area contributed by atoms with E-state index in [4.69, 9.17) is 19.3 Å². The molecule has 0 rings (SSSR count). The van der Waals surface area contributed by atoms with Crippen molar-refractivity contribution in [1.82, 2.24) is 5.32 Å². The van der Waals surface area contributed by atoms with Gasteiger partial charge in [0.25, 0.3) is 0 Å². The number of carbonyl (C=O) groups excluding carboxylic acids is 4. The molecule has 45 heavy (non-hydrogen) atoms. The van der Waals surface area contributed by atoms with Crippen molar-refractivity contribution in [2.45, 2.75) is 181 Å². The number of esters is 2. The van der Waals surface area contributed by atoms with Crippen molar-refractivity contribution >= 4 is 24.3 Å². The van der Waals surface area contributed by atoms with Gasteiger partial charge in [-0.1, -0.05) is 117 Å². The third-order valence-electron chi connectivity index (χ3n) is 6.72. The molecular weight excluding hydrogens is 574 g/mol. The van der Waals surface area contributed by atoms with E-state index in [0.717, 1.165) is 39.1 Å². The highest BCUT2D eigenvalue weighted by atomic mass is 16.6. The van der Waals surface area contributed by atoms with Crippen LogP contribution in [0.3, 0.4) is 0 Å². The zero-order chi connectivity index (χ0) is 34.4. The zero-order valence-electron chi connectivity index (χ0n) is 30.1. The lowest BCUT2D eigenvalue weighted by Gasteiger charge is -2.19. The van der Waals surface area contributed by atoms with Gasteiger partial charge in [-0.2, -0.15) is 0 Å². The van der Waals surface area contributed by atoms with E-state index in [0.29, 0.717) is 12.8 Å². The van der Waals surface area contributed by atoms with Crippen LogP contribution in [0.1, 0.15) is 176 Å². The molecule has 0 saturated carbocycles. The minimum absolute atomic E-state index is 0.0673. The first-order valence-electron chi connectivity index (χ1n) is 17.8. The van der Waals surface area contributed by atoms with Crippen molar-refractivity contribution in [2.24, 2.45) is 0 Å². The lowest BCUT2D eigenvalue weighted by Crippen LogP contribution is -2.33. The molecule has 0 bridgehead atoms. The maximum atomic E-state index is 11.7. The van der Waals surface area contributed by atoms with E-state index >= 15 is 0 Å². The summed E-state index contributed by atoms with van der Waals surface area (Å²) < 4.78 is 15.3. The van der Waals surface area contributed by atoms with Crippen LogP contribution in [0.15, 0.2) is 0 Å². The number of nitrogens with one attached hydrogen (secondary N) is 1. The molecule has 0 aromatic carbocycles. The van der Waals surface area contributed by atoms with Gasteiger partial charge >= 0.3 is 18.0 Å². The Balaban J connectivity index is -0.00000113. The third-order valence-corrected chi connectivity index (χ3v) is 6.72. The molecule has 0 atom stereocenters. The summed E-state index contributed by atoms with van der Waals surface area (Å²) in [4.78, 5) is 44.7. The number of aliphatic hydroxyl groups excluding tert-OH is 1. The van der Waals surface area contributed by atoms with Crippen LogP contribution in [0.2, 0.25) is 0 Å². The van der Waals surface area contributed by atoms with Gasteiger partial charge in [-0.3, -0.25) is 9.59 Å². The lowest BCUT2D eigenvalue weighted by molar-refractivity contribution is -0.146. The summed E-state index contributed by atoms with van der Waals surface area (Å²) in [5.74, 6) is -0.595. The molecule has 0 heterocycles. The number of amides is 1. The van der Waals surface area contributed by atoms with E-state index in [-0.39, 0.29) is 32.1 Å². The molecule has 0 spiro atoms. The van der Waals surface area contributed by atoms with Crippen molar-refractivity contribution < 1.29 is 38.5 Å². The maximum absolute atomic E-state index is 11.7. The van der Waals surface area contributed by atoms with Gasteiger partial charge in [-0.25, -0.2) is 4.79 Å². The Morgan fingerprint density at radius 2 is 1.00 bits per heavy atom. The summed E-state index contributed by atoms with van der Waals surface area (Å²) >= 11 is 0. The van der Waals surface area contributed by atoms with Gasteiger partial charge in [-0.05, 0) is 33.6 Å². The fourth-order valence-corrected chi connectivity index (χ4v) is 4.27. The van der Waals surface area contributed by atoms with Crippen LogP contribution in [0.25, 0.3) is 0 Å². The van der Waals surface area contributed by atoms with Gasteiger partial charge in [0, 0.05) is 32.9 Å². The van der Waals surface area contributed by atoms with E-state index in [1.165, 1.54) is 96.3 Å². The predicted octanol–water partition coefficient (Wildman–Crippen LogP) is 9.01. The van der Waals surface area contributed by atoms with Crippen LogP contribution >= 0.6 is 0 Å². The highest BCUT2D eigenvalue weighted by Crippen LogP contribution is 2.12. The summed E-state index contributed by atoms with van der Waals surface area (Å²) in [6.07, 6.45) is 25.0. The SMILES string of the molecule is CCCCCCCCCC=O.CCCCCCCCCCCCCC(=O)OCCCOC(=O)CCNC(=O)OC(C)(C)C.CO. The highest BCUT2D eigenvalue weighted by molar-refractivity contribution is 5.72. The number of hydrogen-bond donors (Lipinski definition) is 2. The minimum atomic E-state index is -0.574. The molecule has 0 aliphatic carbocycles. The van der Waals surface area contributed by atoms with E-state index in [9.17, 15) is 19.2 Å². The van der Waals surface area contributed by atoms with Crippen LogP contribution in [-0.4, -0.2) is 61.9 Å². The smallest absolute Gasteiger partial charge is 0.407 e. The Morgan fingerprint density at radius 1 is 0.600 bits per heavy atom. The van der Waals surface area contributed by atoms with Crippen LogP contribution < -0.4 is 5.32 Å². The average molecular weight is 646 g/mol. The van der Waals surface area contributed by atoms with E-state index < -0.39 is 17.7 Å². The molecule has 0 fully saturated rings. The normalized spacial score (nSPS) is 10.5. The second-order valence-electron chi connectivity index (χ2n) is 12.3. The summed E-state index contributed by atoms with van der Waals surface area (Å²) in [6.45, 7) is 10.4. The van der Waals surface area contributed by atoms with Crippen LogP contribution in [-0.2, 0) is 28.6 Å². The van der Waals surface area contributed by atoms with Crippen molar-refractivity contribution in [2.75, 3.05) is 26.9 Å². The Morgan fingerprint density at radius 3 is 1.42 bits per heavy atom. The molecular formula is C36H71NO8. The molecule has 2 N–H and O–H groups in total. The number of ether oxygens (including phenoxy) is 3. The topological polar surface area (TPSA) is 128 Å². The zero-order valence-corrected chi connectivity index (χ0v) is 30.1. The predicted molar refractivity (Wildman–Crippen MR) is 183 cm³/mol. The molecule has 0 aliphatic rings. The molecule has 1 amide bonds. The van der Waals surface area contributed by atoms with E-state index in [1.807, 2.05) is 0 Å². The Kier molecular flexibility index (Phi) is 39.9. The molecule has 0 aliphatic heterocycles. The molecule has 9 nitrogen and oxygen atoms in total. The van der Waals surface area contributed by atoms with Crippen LogP contribution in [0, 0.1) is 0 Å². The standard InChI is InChI=1S/C25H47NO6.C10H20O.CH4O/c1-5-6-7-8-9-10-11-12-13-14-15-17-22(27)30-20-16-21-31-23(28)18-19-26-24(29)32-25(2,3)4;1-2-3-4-5-6-7-8-9-10-11;1-2/h5-21H2,1-4H3,(H,26,29);10H,2-9H2,1H3;2H,1H3. The average Bonchev–Trinajstić information content (AvgIpc) is 2.99. The van der Waals surface area contributed by atoms with Gasteiger partial charge in [0.1, 0.15) is 11.9 Å². The largest absolute Gasteiger partial charge is 0.466 e. The van der Waals surface area contributed by atoms with E-state index in [1.54, 1.807) is 20.8 Å². The second kappa shape index (κ2) is 38.0. The number of alkyl carbamates (subject to hydrolysis) is 1. The Bertz CT molecular complexity index is 664. The van der Waals surface area contributed by atoms with Crippen molar-refractivity contribution in [3.05, 3.63) is 0 Å². The molecule has 0 radical (unpaired) electrons. The summed E-state index contributed by atoms with van der Waals surface area (Å²) in [5, 5.41) is 9.50. The number of aldehydes is 1. The molecule has 268 valence electrons. The number of aliphatic hydroxyl groups is 1. The first-order chi connectivity index (χ1) is 21.7. The first-order valence-corrected chi connectivity index (χ1v) is 17.8. The lowest BCUT2D eigenvalue weighted by atomic mass is 10.1. The van der Waals surface area contributed by atoms with Crippen LogP contribution in [0.5, 0.6) is 0 Å². The Labute approximate surface area is 276 Å². The van der Waals surface area contributed by atoms with Gasteiger partial charge < -0.3 is 29.4 Å². The maximum Gasteiger partial charge on any atom is 0.407 e. The monoisotopic (exact) mass is 646 g/mol. The number of unbranched alkanes of at least 4 members (excludes halogenated alkanes) is 17. The number of rotatable bonds is 27. The third kappa shape index (κ3) is 46.4. The van der Waals surface area contributed by atoms with Gasteiger partial charge in [0.15, 0.2) is 0 Å². The van der Waals surface area contributed by atoms with Gasteiger partial charge in [0.05, 0.1) is 19.6 Å².